The van der Waals surface area contributed by atoms with Crippen molar-refractivity contribution in [2.24, 2.45) is 11.8 Å². The van der Waals surface area contributed by atoms with Crippen LogP contribution >= 0.6 is 0 Å². The smallest absolute Gasteiger partial charge is 0.223 e. The number of carbonyl (C=O) groups is 2. The maximum atomic E-state index is 12.7. The van der Waals surface area contributed by atoms with Crippen LogP contribution in [0.3, 0.4) is 0 Å². The van der Waals surface area contributed by atoms with Gasteiger partial charge in [-0.25, -0.2) is 9.97 Å². The van der Waals surface area contributed by atoms with Crippen LogP contribution in [0, 0.1) is 11.8 Å². The molecular formula is C28H33N3O2. The Hall–Kier alpha value is -3.08. The van der Waals surface area contributed by atoms with Crippen LogP contribution in [0.5, 0.6) is 0 Å². The highest BCUT2D eigenvalue weighted by molar-refractivity contribution is 5.99. The van der Waals surface area contributed by atoms with Gasteiger partial charge in [-0.1, -0.05) is 56.3 Å². The van der Waals surface area contributed by atoms with Crippen molar-refractivity contribution >= 4 is 28.4 Å². The van der Waals surface area contributed by atoms with Gasteiger partial charge in [0.25, 0.3) is 0 Å². The zero-order chi connectivity index (χ0) is 23.2. The van der Waals surface area contributed by atoms with Gasteiger partial charge in [0.1, 0.15) is 5.78 Å². The van der Waals surface area contributed by atoms with Crippen LogP contribution in [0.15, 0.2) is 54.7 Å². The minimum absolute atomic E-state index is 0.127. The first kappa shape index (κ1) is 23.1. The van der Waals surface area contributed by atoms with Crippen LogP contribution in [0.2, 0.25) is 0 Å². The SMILES string of the molecule is CC(C)C(=O)CC1CCC(Nc2ncc3ccc(C(=O)CCc4ccccc4)cc3n2)CC1. The van der Waals surface area contributed by atoms with Crippen molar-refractivity contribution in [2.75, 3.05) is 5.32 Å². The van der Waals surface area contributed by atoms with Gasteiger partial charge in [-0.05, 0) is 49.7 Å². The molecule has 33 heavy (non-hydrogen) atoms. The number of nitrogens with zero attached hydrogens (tertiary/aromatic N) is 2. The number of aryl methyl sites for hydroxylation is 1. The van der Waals surface area contributed by atoms with Gasteiger partial charge in [-0.2, -0.15) is 0 Å². The van der Waals surface area contributed by atoms with Gasteiger partial charge in [0, 0.05) is 41.9 Å². The van der Waals surface area contributed by atoms with E-state index in [9.17, 15) is 9.59 Å². The van der Waals surface area contributed by atoms with Gasteiger partial charge < -0.3 is 5.32 Å². The molecular weight excluding hydrogens is 410 g/mol. The number of aromatic nitrogens is 2. The number of rotatable bonds is 9. The Bertz CT molecular complexity index is 1100. The summed E-state index contributed by atoms with van der Waals surface area (Å²) in [5.41, 5.74) is 2.65. The highest BCUT2D eigenvalue weighted by Gasteiger charge is 2.24. The fourth-order valence-electron chi connectivity index (χ4n) is 4.53. The summed E-state index contributed by atoms with van der Waals surface area (Å²) < 4.78 is 0. The Morgan fingerprint density at radius 1 is 1.03 bits per heavy atom. The van der Waals surface area contributed by atoms with E-state index in [0.717, 1.165) is 43.0 Å². The third-order valence-electron chi connectivity index (χ3n) is 6.70. The van der Waals surface area contributed by atoms with Crippen LogP contribution in [-0.2, 0) is 11.2 Å². The molecule has 0 saturated heterocycles. The van der Waals surface area contributed by atoms with Crippen molar-refractivity contribution < 1.29 is 9.59 Å². The van der Waals surface area contributed by atoms with E-state index in [4.69, 9.17) is 4.98 Å². The summed E-state index contributed by atoms with van der Waals surface area (Å²) >= 11 is 0. The monoisotopic (exact) mass is 443 g/mol. The van der Waals surface area contributed by atoms with Gasteiger partial charge >= 0.3 is 0 Å². The molecule has 2 aromatic carbocycles. The molecule has 0 aliphatic heterocycles. The molecule has 5 heteroatoms. The molecule has 0 radical (unpaired) electrons. The van der Waals surface area contributed by atoms with Gasteiger partial charge in [-0.3, -0.25) is 9.59 Å². The minimum Gasteiger partial charge on any atom is -0.351 e. The number of carbonyl (C=O) groups excluding carboxylic acids is 2. The molecule has 1 heterocycles. The molecule has 1 aromatic heterocycles. The summed E-state index contributed by atoms with van der Waals surface area (Å²) in [6, 6.07) is 16.1. The third kappa shape index (κ3) is 6.25. The first-order valence-corrected chi connectivity index (χ1v) is 12.1. The summed E-state index contributed by atoms with van der Waals surface area (Å²) in [7, 11) is 0. The first-order valence-electron chi connectivity index (χ1n) is 12.1. The highest BCUT2D eigenvalue weighted by Crippen LogP contribution is 2.29. The van der Waals surface area contributed by atoms with Crippen LogP contribution in [0.25, 0.3) is 10.9 Å². The zero-order valence-electron chi connectivity index (χ0n) is 19.6. The molecule has 1 fully saturated rings. The van der Waals surface area contributed by atoms with Crippen LogP contribution in [0.1, 0.15) is 68.3 Å². The van der Waals surface area contributed by atoms with Crippen LogP contribution in [-0.4, -0.2) is 27.6 Å². The lowest BCUT2D eigenvalue weighted by Crippen LogP contribution is -2.28. The molecule has 5 nitrogen and oxygen atoms in total. The number of hydrogen-bond acceptors (Lipinski definition) is 5. The highest BCUT2D eigenvalue weighted by atomic mass is 16.1. The molecule has 0 amide bonds. The first-order chi connectivity index (χ1) is 16.0. The molecule has 1 aliphatic carbocycles. The average molecular weight is 444 g/mol. The van der Waals surface area contributed by atoms with E-state index in [1.165, 1.54) is 5.56 Å². The lowest BCUT2D eigenvalue weighted by Gasteiger charge is -2.29. The van der Waals surface area contributed by atoms with Crippen molar-refractivity contribution in [3.05, 3.63) is 65.9 Å². The van der Waals surface area contributed by atoms with Gasteiger partial charge in [0.2, 0.25) is 5.95 Å². The van der Waals surface area contributed by atoms with Crippen molar-refractivity contribution in [3.63, 3.8) is 0 Å². The number of ketones is 2. The van der Waals surface area contributed by atoms with Crippen LogP contribution < -0.4 is 5.32 Å². The lowest BCUT2D eigenvalue weighted by molar-refractivity contribution is -0.123. The number of benzene rings is 2. The molecule has 4 rings (SSSR count). The average Bonchev–Trinajstić information content (AvgIpc) is 2.84. The van der Waals surface area contributed by atoms with Crippen molar-refractivity contribution in [3.8, 4) is 0 Å². The predicted molar refractivity (Wildman–Crippen MR) is 132 cm³/mol. The largest absolute Gasteiger partial charge is 0.351 e. The Balaban J connectivity index is 1.35. The van der Waals surface area contributed by atoms with E-state index in [-0.39, 0.29) is 11.7 Å². The number of nitrogens with one attached hydrogen (secondary N) is 1. The van der Waals surface area contributed by atoms with Gasteiger partial charge in [-0.15, -0.1) is 0 Å². The molecule has 1 aliphatic rings. The van der Waals surface area contributed by atoms with Gasteiger partial charge in [0.15, 0.2) is 5.78 Å². The molecule has 0 spiro atoms. The molecule has 3 aromatic rings. The quantitative estimate of drug-likeness (QED) is 0.409. The second-order valence-electron chi connectivity index (χ2n) is 9.56. The summed E-state index contributed by atoms with van der Waals surface area (Å²) in [6.45, 7) is 3.96. The van der Waals surface area contributed by atoms with Crippen molar-refractivity contribution in [1.29, 1.82) is 0 Å². The Morgan fingerprint density at radius 2 is 1.79 bits per heavy atom. The minimum atomic E-state index is 0.127. The molecule has 0 bridgehead atoms. The summed E-state index contributed by atoms with van der Waals surface area (Å²) in [4.78, 5) is 33.9. The Labute approximate surface area is 196 Å². The van der Waals surface area contributed by atoms with E-state index in [0.29, 0.717) is 42.1 Å². The third-order valence-corrected chi connectivity index (χ3v) is 6.70. The summed E-state index contributed by atoms with van der Waals surface area (Å²) in [6.07, 6.45) is 7.90. The zero-order valence-corrected chi connectivity index (χ0v) is 19.6. The maximum Gasteiger partial charge on any atom is 0.223 e. The van der Waals surface area contributed by atoms with Crippen molar-refractivity contribution in [1.82, 2.24) is 9.97 Å². The standard InChI is InChI=1S/C28H33N3O2/c1-19(2)27(33)16-21-8-13-24(14-9-21)30-28-29-18-23-12-11-22(17-25(23)31-28)26(32)15-10-20-6-4-3-5-7-20/h3-7,11-12,17-19,21,24H,8-10,13-16H2,1-2H3,(H,29,30,31). The molecule has 1 N–H and O–H groups in total. The maximum absolute atomic E-state index is 12.7. The Morgan fingerprint density at radius 3 is 2.52 bits per heavy atom. The normalized spacial score (nSPS) is 18.4. The topological polar surface area (TPSA) is 72.0 Å². The molecule has 0 unspecified atom stereocenters. The van der Waals surface area contributed by atoms with E-state index >= 15 is 0 Å². The van der Waals surface area contributed by atoms with E-state index < -0.39 is 0 Å². The summed E-state index contributed by atoms with van der Waals surface area (Å²) in [5.74, 6) is 1.74. The predicted octanol–water partition coefficient (Wildman–Crippen LogP) is 6.03. The van der Waals surface area contributed by atoms with E-state index in [1.54, 1.807) is 0 Å². The number of fused-ring (bicyclic) bond motifs is 1. The van der Waals surface area contributed by atoms with E-state index in [2.05, 4.69) is 22.4 Å². The number of Topliss-reactive ketones (excluding diaryl/α,β-unsaturated/α-hetero) is 2. The molecule has 1 saturated carbocycles. The summed E-state index contributed by atoms with van der Waals surface area (Å²) in [5, 5.41) is 4.40. The fourth-order valence-corrected chi connectivity index (χ4v) is 4.53. The number of anilines is 1. The van der Waals surface area contributed by atoms with Gasteiger partial charge in [0.05, 0.1) is 5.52 Å². The Kier molecular flexibility index (Phi) is 7.48. The van der Waals surface area contributed by atoms with Crippen molar-refractivity contribution in [2.45, 2.75) is 64.8 Å². The second-order valence-corrected chi connectivity index (χ2v) is 9.56. The van der Waals surface area contributed by atoms with E-state index in [1.807, 2.05) is 56.4 Å². The fraction of sp³-hybridized carbons (Fsp3) is 0.429. The van der Waals surface area contributed by atoms with Crippen LogP contribution in [0.4, 0.5) is 5.95 Å². The molecule has 0 atom stereocenters. The number of hydrogen-bond donors (Lipinski definition) is 1. The lowest BCUT2D eigenvalue weighted by atomic mass is 9.82. The molecule has 172 valence electrons. The second kappa shape index (κ2) is 10.7.